The van der Waals surface area contributed by atoms with E-state index in [9.17, 15) is 4.79 Å². The topological polar surface area (TPSA) is 77.2 Å². The summed E-state index contributed by atoms with van der Waals surface area (Å²) in [6, 6.07) is 7.31. The molecule has 2 rings (SSSR count). The first-order chi connectivity index (χ1) is 9.65. The van der Waals surface area contributed by atoms with E-state index < -0.39 is 0 Å². The maximum atomic E-state index is 11.7. The van der Waals surface area contributed by atoms with Gasteiger partial charge in [0.1, 0.15) is 5.75 Å². The van der Waals surface area contributed by atoms with Crippen molar-refractivity contribution in [1.82, 2.24) is 4.98 Å². The first kappa shape index (κ1) is 14.3. The van der Waals surface area contributed by atoms with E-state index in [0.29, 0.717) is 36.0 Å². The van der Waals surface area contributed by atoms with Crippen LogP contribution in [0, 0.1) is 6.92 Å². The van der Waals surface area contributed by atoms with Crippen molar-refractivity contribution in [2.75, 3.05) is 17.7 Å². The fraction of sp³-hybridized carbons (Fsp3) is 0.286. The summed E-state index contributed by atoms with van der Waals surface area (Å²) in [7, 11) is 0. The fourth-order valence-electron chi connectivity index (χ4n) is 1.62. The van der Waals surface area contributed by atoms with E-state index in [4.69, 9.17) is 10.5 Å². The number of hydrogen-bond acceptors (Lipinski definition) is 5. The molecule has 2 aromatic rings. The van der Waals surface area contributed by atoms with Crippen LogP contribution in [0.25, 0.3) is 0 Å². The van der Waals surface area contributed by atoms with Crippen molar-refractivity contribution in [2.24, 2.45) is 0 Å². The molecule has 0 aliphatic carbocycles. The fourth-order valence-corrected chi connectivity index (χ4v) is 2.30. The minimum Gasteiger partial charge on any atom is -0.491 e. The molecule has 0 saturated heterocycles. The normalized spacial score (nSPS) is 10.2. The molecule has 0 fully saturated rings. The number of hydrogen-bond donors (Lipinski definition) is 2. The third-order valence-corrected chi connectivity index (χ3v) is 3.42. The number of nitrogens with zero attached hydrogens (tertiary/aromatic N) is 1. The number of amides is 1. The molecule has 0 bridgehead atoms. The van der Waals surface area contributed by atoms with Gasteiger partial charge in [-0.25, -0.2) is 4.98 Å². The number of aromatic nitrogens is 1. The van der Waals surface area contributed by atoms with Gasteiger partial charge < -0.3 is 15.8 Å². The summed E-state index contributed by atoms with van der Waals surface area (Å²) in [4.78, 5) is 16.8. The lowest BCUT2D eigenvalue weighted by molar-refractivity contribution is -0.116. The highest BCUT2D eigenvalue weighted by Gasteiger charge is 2.05. The summed E-state index contributed by atoms with van der Waals surface area (Å²) in [5.74, 6) is 0.604. The predicted molar refractivity (Wildman–Crippen MR) is 81.1 cm³/mol. The van der Waals surface area contributed by atoms with E-state index in [0.717, 1.165) is 4.88 Å². The minimum atomic E-state index is -0.0519. The summed E-state index contributed by atoms with van der Waals surface area (Å²) >= 11 is 1.46. The molecule has 1 aromatic carbocycles. The van der Waals surface area contributed by atoms with Gasteiger partial charge in [0, 0.05) is 17.5 Å². The van der Waals surface area contributed by atoms with Gasteiger partial charge in [0.25, 0.3) is 0 Å². The van der Waals surface area contributed by atoms with E-state index in [1.807, 2.05) is 25.1 Å². The molecule has 106 valence electrons. The third kappa shape index (κ3) is 4.24. The van der Waals surface area contributed by atoms with Gasteiger partial charge in [-0.05, 0) is 25.5 Å². The Labute approximate surface area is 121 Å². The summed E-state index contributed by atoms with van der Waals surface area (Å²) in [5, 5.41) is 3.40. The summed E-state index contributed by atoms with van der Waals surface area (Å²) in [5.41, 5.74) is 6.36. The van der Waals surface area contributed by atoms with Gasteiger partial charge in [0.05, 0.1) is 12.3 Å². The molecular formula is C14H17N3O2S. The highest BCUT2D eigenvalue weighted by molar-refractivity contribution is 7.15. The summed E-state index contributed by atoms with van der Waals surface area (Å²) in [6.07, 6.45) is 2.76. The highest BCUT2D eigenvalue weighted by atomic mass is 32.1. The number of nitrogens with two attached hydrogens (primary N) is 1. The molecule has 20 heavy (non-hydrogen) atoms. The molecular weight excluding hydrogens is 274 g/mol. The lowest BCUT2D eigenvalue weighted by Gasteiger charge is -2.08. The highest BCUT2D eigenvalue weighted by Crippen LogP contribution is 2.20. The van der Waals surface area contributed by atoms with Crippen LogP contribution >= 0.6 is 11.3 Å². The standard InChI is InChI=1S/C14H17N3O2S/c1-10-9-16-14(20-10)17-13(18)7-4-8-19-12-6-3-2-5-11(12)15/h2-3,5-6,9H,4,7-8,15H2,1H3,(H,16,17,18). The van der Waals surface area contributed by atoms with Gasteiger partial charge in [0.15, 0.2) is 5.13 Å². The number of anilines is 2. The first-order valence-electron chi connectivity index (χ1n) is 6.35. The maximum absolute atomic E-state index is 11.7. The minimum absolute atomic E-state index is 0.0519. The molecule has 3 N–H and O–H groups in total. The van der Waals surface area contributed by atoms with Gasteiger partial charge in [0.2, 0.25) is 5.91 Å². The molecule has 6 heteroatoms. The average molecular weight is 291 g/mol. The van der Waals surface area contributed by atoms with E-state index >= 15 is 0 Å². The van der Waals surface area contributed by atoms with Crippen LogP contribution in [-0.4, -0.2) is 17.5 Å². The second-order valence-electron chi connectivity index (χ2n) is 4.31. The second-order valence-corrected chi connectivity index (χ2v) is 5.55. The molecule has 1 amide bonds. The van der Waals surface area contributed by atoms with Gasteiger partial charge in [-0.2, -0.15) is 0 Å². The van der Waals surface area contributed by atoms with Gasteiger partial charge >= 0.3 is 0 Å². The van der Waals surface area contributed by atoms with E-state index in [1.165, 1.54) is 11.3 Å². The number of nitrogen functional groups attached to an aromatic ring is 1. The summed E-state index contributed by atoms with van der Waals surface area (Å²) < 4.78 is 5.52. The molecule has 0 saturated carbocycles. The van der Waals surface area contributed by atoms with Crippen LogP contribution in [-0.2, 0) is 4.79 Å². The molecule has 0 atom stereocenters. The number of nitrogens with one attached hydrogen (secondary N) is 1. The van der Waals surface area contributed by atoms with Crippen LogP contribution in [0.15, 0.2) is 30.5 Å². The van der Waals surface area contributed by atoms with Gasteiger partial charge in [-0.3, -0.25) is 4.79 Å². The zero-order chi connectivity index (χ0) is 14.4. The SMILES string of the molecule is Cc1cnc(NC(=O)CCCOc2ccccc2N)s1. The van der Waals surface area contributed by atoms with Crippen LogP contribution in [0.3, 0.4) is 0 Å². The number of para-hydroxylation sites is 2. The van der Waals surface area contributed by atoms with Crippen molar-refractivity contribution >= 4 is 28.1 Å². The van der Waals surface area contributed by atoms with E-state index in [-0.39, 0.29) is 5.91 Å². The zero-order valence-corrected chi connectivity index (χ0v) is 12.1. The van der Waals surface area contributed by atoms with Crippen molar-refractivity contribution in [3.8, 4) is 5.75 Å². The Morgan fingerprint density at radius 1 is 1.45 bits per heavy atom. The van der Waals surface area contributed by atoms with Crippen LogP contribution in [0.4, 0.5) is 10.8 Å². The average Bonchev–Trinajstić information content (AvgIpc) is 2.82. The number of aryl methyl sites for hydroxylation is 1. The third-order valence-electron chi connectivity index (χ3n) is 2.59. The number of thiazole rings is 1. The number of rotatable bonds is 6. The van der Waals surface area contributed by atoms with Crippen LogP contribution in [0.5, 0.6) is 5.75 Å². The van der Waals surface area contributed by atoms with E-state index in [1.54, 1.807) is 12.3 Å². The second kappa shape index (κ2) is 6.91. The zero-order valence-electron chi connectivity index (χ0n) is 11.3. The predicted octanol–water partition coefficient (Wildman–Crippen LogP) is 2.83. The molecule has 1 aromatic heterocycles. The number of carbonyl (C=O) groups is 1. The Bertz CT molecular complexity index is 583. The number of benzene rings is 1. The smallest absolute Gasteiger partial charge is 0.226 e. The lowest BCUT2D eigenvalue weighted by atomic mass is 10.3. The number of carbonyl (C=O) groups excluding carboxylic acids is 1. The monoisotopic (exact) mass is 291 g/mol. The Hall–Kier alpha value is -2.08. The molecule has 0 radical (unpaired) electrons. The van der Waals surface area contributed by atoms with Crippen LogP contribution < -0.4 is 15.8 Å². The molecule has 1 heterocycles. The summed E-state index contributed by atoms with van der Waals surface area (Å²) in [6.45, 7) is 2.41. The Balaban J connectivity index is 1.68. The molecule has 0 aliphatic heterocycles. The first-order valence-corrected chi connectivity index (χ1v) is 7.16. The van der Waals surface area contributed by atoms with Crippen molar-refractivity contribution < 1.29 is 9.53 Å². The molecule has 0 aliphatic rings. The number of ether oxygens (including phenoxy) is 1. The van der Waals surface area contributed by atoms with E-state index in [2.05, 4.69) is 10.3 Å². The molecule has 0 spiro atoms. The molecule has 5 nitrogen and oxygen atoms in total. The van der Waals surface area contributed by atoms with Crippen molar-refractivity contribution in [3.05, 3.63) is 35.3 Å². The van der Waals surface area contributed by atoms with Crippen molar-refractivity contribution in [1.29, 1.82) is 0 Å². The van der Waals surface area contributed by atoms with Crippen LogP contribution in [0.2, 0.25) is 0 Å². The quantitative estimate of drug-likeness (QED) is 0.633. The Morgan fingerprint density at radius 3 is 2.95 bits per heavy atom. The van der Waals surface area contributed by atoms with Gasteiger partial charge in [-0.15, -0.1) is 11.3 Å². The van der Waals surface area contributed by atoms with Gasteiger partial charge in [-0.1, -0.05) is 12.1 Å². The largest absolute Gasteiger partial charge is 0.491 e. The Kier molecular flexibility index (Phi) is 4.95. The molecule has 0 unspecified atom stereocenters. The van der Waals surface area contributed by atoms with Crippen molar-refractivity contribution in [2.45, 2.75) is 19.8 Å². The lowest BCUT2D eigenvalue weighted by Crippen LogP contribution is -2.12. The maximum Gasteiger partial charge on any atom is 0.226 e. The van der Waals surface area contributed by atoms with Crippen molar-refractivity contribution in [3.63, 3.8) is 0 Å². The van der Waals surface area contributed by atoms with Crippen LogP contribution in [0.1, 0.15) is 17.7 Å². The Morgan fingerprint density at radius 2 is 2.25 bits per heavy atom.